The van der Waals surface area contributed by atoms with Crippen LogP contribution in [0.15, 0.2) is 47.4 Å². The van der Waals surface area contributed by atoms with Crippen molar-refractivity contribution in [2.24, 2.45) is 0 Å². The number of ether oxygens (including phenoxy) is 1. The Kier molecular flexibility index (Phi) is 4.61. The highest BCUT2D eigenvalue weighted by atomic mass is 35.5. The number of anilines is 1. The molecule has 1 aliphatic rings. The lowest BCUT2D eigenvalue weighted by atomic mass is 10.1. The van der Waals surface area contributed by atoms with Crippen molar-refractivity contribution in [1.82, 2.24) is 0 Å². The number of hydrogen-bond acceptors (Lipinski definition) is 3. The lowest BCUT2D eigenvalue weighted by Crippen LogP contribution is -2.09. The van der Waals surface area contributed by atoms with Gasteiger partial charge in [0, 0.05) is 16.3 Å². The van der Waals surface area contributed by atoms with Crippen LogP contribution in [0.5, 0.6) is 5.75 Å². The molecule has 21 heavy (non-hydrogen) atoms. The molecule has 2 aromatic rings. The quantitative estimate of drug-likeness (QED) is 0.798. The van der Waals surface area contributed by atoms with Crippen LogP contribution in [0.25, 0.3) is 0 Å². The Bertz CT molecular complexity index is 632. The molecule has 0 aliphatic carbocycles. The summed E-state index contributed by atoms with van der Waals surface area (Å²) < 4.78 is 5.60. The van der Waals surface area contributed by atoms with E-state index >= 15 is 0 Å². The van der Waals surface area contributed by atoms with E-state index in [1.54, 1.807) is 0 Å². The van der Waals surface area contributed by atoms with Gasteiger partial charge >= 0.3 is 0 Å². The van der Waals surface area contributed by atoms with Crippen molar-refractivity contribution in [3.8, 4) is 5.75 Å². The topological polar surface area (TPSA) is 21.3 Å². The minimum atomic E-state index is 0.338. The van der Waals surface area contributed by atoms with Gasteiger partial charge in [0.1, 0.15) is 5.75 Å². The molecule has 4 heteroatoms. The molecule has 0 amide bonds. The average molecular weight is 320 g/mol. The van der Waals surface area contributed by atoms with Gasteiger partial charge in [-0.05, 0) is 36.2 Å². The van der Waals surface area contributed by atoms with Gasteiger partial charge in [0.2, 0.25) is 0 Å². The van der Waals surface area contributed by atoms with Gasteiger partial charge in [-0.2, -0.15) is 0 Å². The van der Waals surface area contributed by atoms with Crippen LogP contribution < -0.4 is 10.1 Å². The highest BCUT2D eigenvalue weighted by Gasteiger charge is 2.22. The average Bonchev–Trinajstić information content (AvgIpc) is 2.90. The molecule has 0 fully saturated rings. The Morgan fingerprint density at radius 1 is 1.29 bits per heavy atom. The van der Waals surface area contributed by atoms with E-state index in [1.807, 2.05) is 30.0 Å². The Balaban J connectivity index is 1.73. The zero-order valence-corrected chi connectivity index (χ0v) is 13.5. The van der Waals surface area contributed by atoms with E-state index in [4.69, 9.17) is 16.3 Å². The van der Waals surface area contributed by atoms with Crippen LogP contribution >= 0.6 is 23.4 Å². The summed E-state index contributed by atoms with van der Waals surface area (Å²) in [6.07, 6.45) is 0.979. The van der Waals surface area contributed by atoms with Gasteiger partial charge in [0.25, 0.3) is 0 Å². The fraction of sp³-hybridized carbons (Fsp3) is 0.294. The second-order valence-corrected chi connectivity index (χ2v) is 6.51. The summed E-state index contributed by atoms with van der Waals surface area (Å²) in [5.41, 5.74) is 2.40. The van der Waals surface area contributed by atoms with Gasteiger partial charge in [0.15, 0.2) is 0 Å². The zero-order valence-electron chi connectivity index (χ0n) is 11.9. The predicted octanol–water partition coefficient (Wildman–Crippen LogP) is 5.39. The SMILES string of the molecule is CCCOc1ccc(NC2CSc3ccccc32)cc1Cl. The molecule has 2 nitrogen and oxygen atoms in total. The second-order valence-electron chi connectivity index (χ2n) is 5.04. The van der Waals surface area contributed by atoms with Crippen molar-refractivity contribution in [2.75, 3.05) is 17.7 Å². The van der Waals surface area contributed by atoms with Gasteiger partial charge in [-0.3, -0.25) is 0 Å². The smallest absolute Gasteiger partial charge is 0.138 e. The Morgan fingerprint density at radius 3 is 2.95 bits per heavy atom. The molecule has 1 atom stereocenters. The Hall–Kier alpha value is -1.32. The molecule has 1 N–H and O–H groups in total. The third-order valence-electron chi connectivity index (χ3n) is 3.43. The summed E-state index contributed by atoms with van der Waals surface area (Å²) in [6, 6.07) is 14.8. The monoisotopic (exact) mass is 319 g/mol. The molecule has 2 aromatic carbocycles. The van der Waals surface area contributed by atoms with E-state index in [-0.39, 0.29) is 0 Å². The zero-order chi connectivity index (χ0) is 14.7. The summed E-state index contributed by atoms with van der Waals surface area (Å²) >= 11 is 8.17. The van der Waals surface area contributed by atoms with Crippen LogP contribution in [0, 0.1) is 0 Å². The minimum Gasteiger partial charge on any atom is -0.492 e. The van der Waals surface area contributed by atoms with Crippen molar-refractivity contribution < 1.29 is 4.74 Å². The number of rotatable bonds is 5. The van der Waals surface area contributed by atoms with Crippen molar-refractivity contribution in [2.45, 2.75) is 24.3 Å². The number of halogens is 1. The molecule has 110 valence electrons. The lowest BCUT2D eigenvalue weighted by Gasteiger charge is -2.16. The number of hydrogen-bond donors (Lipinski definition) is 1. The summed E-state index contributed by atoms with van der Waals surface area (Å²) in [6.45, 7) is 2.78. The summed E-state index contributed by atoms with van der Waals surface area (Å²) in [4.78, 5) is 1.36. The standard InChI is InChI=1S/C17H18ClNOS/c1-2-9-20-16-8-7-12(10-14(16)18)19-15-11-21-17-6-4-3-5-13(15)17/h3-8,10,15,19H,2,9,11H2,1H3. The third kappa shape index (κ3) is 3.30. The first-order valence-electron chi connectivity index (χ1n) is 7.18. The molecule has 0 radical (unpaired) electrons. The first-order valence-corrected chi connectivity index (χ1v) is 8.55. The molecule has 3 rings (SSSR count). The fourth-order valence-corrected chi connectivity index (χ4v) is 3.80. The summed E-state index contributed by atoms with van der Waals surface area (Å²) in [7, 11) is 0. The number of benzene rings is 2. The number of thioether (sulfide) groups is 1. The van der Waals surface area contributed by atoms with Gasteiger partial charge in [-0.1, -0.05) is 36.7 Å². The Morgan fingerprint density at radius 2 is 2.14 bits per heavy atom. The maximum atomic E-state index is 6.28. The van der Waals surface area contributed by atoms with Crippen molar-refractivity contribution >= 4 is 29.1 Å². The normalized spacial score (nSPS) is 16.6. The first kappa shape index (κ1) is 14.6. The van der Waals surface area contributed by atoms with Gasteiger partial charge < -0.3 is 10.1 Å². The number of nitrogens with one attached hydrogen (secondary N) is 1. The molecule has 0 spiro atoms. The van der Waals surface area contributed by atoms with Gasteiger partial charge in [0.05, 0.1) is 17.7 Å². The van der Waals surface area contributed by atoms with E-state index in [0.717, 1.165) is 23.6 Å². The molecule has 1 heterocycles. The molecular formula is C17H18ClNOS. The van der Waals surface area contributed by atoms with E-state index < -0.39 is 0 Å². The molecule has 1 unspecified atom stereocenters. The maximum absolute atomic E-state index is 6.28. The first-order chi connectivity index (χ1) is 10.3. The lowest BCUT2D eigenvalue weighted by molar-refractivity contribution is 0.317. The van der Waals surface area contributed by atoms with Crippen LogP contribution in [0.2, 0.25) is 5.02 Å². The highest BCUT2D eigenvalue weighted by Crippen LogP contribution is 2.40. The molecule has 1 aliphatic heterocycles. The third-order valence-corrected chi connectivity index (χ3v) is 4.91. The maximum Gasteiger partial charge on any atom is 0.138 e. The van der Waals surface area contributed by atoms with Crippen LogP contribution in [0.1, 0.15) is 24.9 Å². The van der Waals surface area contributed by atoms with Crippen LogP contribution in [-0.4, -0.2) is 12.4 Å². The molecular weight excluding hydrogens is 302 g/mol. The minimum absolute atomic E-state index is 0.338. The van der Waals surface area contributed by atoms with Crippen molar-refractivity contribution in [3.05, 3.63) is 53.1 Å². The Labute approximate surface area is 134 Å². The van der Waals surface area contributed by atoms with E-state index in [0.29, 0.717) is 17.7 Å². The van der Waals surface area contributed by atoms with E-state index in [9.17, 15) is 0 Å². The van der Waals surface area contributed by atoms with Crippen LogP contribution in [0.3, 0.4) is 0 Å². The molecule has 0 saturated carbocycles. The van der Waals surface area contributed by atoms with Crippen LogP contribution in [-0.2, 0) is 0 Å². The van der Waals surface area contributed by atoms with Gasteiger partial charge in [-0.15, -0.1) is 11.8 Å². The van der Waals surface area contributed by atoms with Gasteiger partial charge in [-0.25, -0.2) is 0 Å². The van der Waals surface area contributed by atoms with E-state index in [2.05, 4.69) is 36.5 Å². The van der Waals surface area contributed by atoms with Crippen molar-refractivity contribution in [3.63, 3.8) is 0 Å². The second kappa shape index (κ2) is 6.63. The molecule has 0 bridgehead atoms. The largest absolute Gasteiger partial charge is 0.492 e. The predicted molar refractivity (Wildman–Crippen MR) is 90.8 cm³/mol. The van der Waals surface area contributed by atoms with Crippen LogP contribution in [0.4, 0.5) is 5.69 Å². The van der Waals surface area contributed by atoms with Crippen molar-refractivity contribution in [1.29, 1.82) is 0 Å². The highest BCUT2D eigenvalue weighted by molar-refractivity contribution is 7.99. The summed E-state index contributed by atoms with van der Waals surface area (Å²) in [5, 5.41) is 4.22. The molecule has 0 saturated heterocycles. The van der Waals surface area contributed by atoms with E-state index in [1.165, 1.54) is 10.5 Å². The molecule has 0 aromatic heterocycles. The fourth-order valence-electron chi connectivity index (χ4n) is 2.40. The summed E-state index contributed by atoms with van der Waals surface area (Å²) in [5.74, 6) is 1.80. The number of fused-ring (bicyclic) bond motifs is 1.